The highest BCUT2D eigenvalue weighted by Gasteiger charge is 2.39. The van der Waals surface area contributed by atoms with Gasteiger partial charge in [0.05, 0.1) is 0 Å². The molecule has 1 atom stereocenters. The standard InChI is InChI=1S/C26H21N3O5/c30-23-12-11-22(25(32)28-23)29-15-17-13-18(9-10-21(17)26(29)33)27-24(31)16-5-4-8-20(14-16)34-19-6-2-1-3-7-19/h1-10,13-14,22H,11-12,15H2,(H,27,31)(H,28,30,32). The number of benzene rings is 3. The number of ether oxygens (including phenoxy) is 1. The van der Waals surface area contributed by atoms with Gasteiger partial charge in [-0.1, -0.05) is 24.3 Å². The van der Waals surface area contributed by atoms with Gasteiger partial charge in [-0.25, -0.2) is 0 Å². The van der Waals surface area contributed by atoms with Crippen LogP contribution in [0.2, 0.25) is 0 Å². The summed E-state index contributed by atoms with van der Waals surface area (Å²) in [4.78, 5) is 50.8. The molecule has 5 rings (SSSR count). The van der Waals surface area contributed by atoms with Crippen molar-refractivity contribution in [1.29, 1.82) is 0 Å². The highest BCUT2D eigenvalue weighted by atomic mass is 16.5. The van der Waals surface area contributed by atoms with E-state index in [0.29, 0.717) is 40.3 Å². The third-order valence-corrected chi connectivity index (χ3v) is 5.86. The number of para-hydroxylation sites is 1. The Bertz CT molecular complexity index is 1300. The van der Waals surface area contributed by atoms with Gasteiger partial charge >= 0.3 is 0 Å². The van der Waals surface area contributed by atoms with E-state index in [2.05, 4.69) is 10.6 Å². The van der Waals surface area contributed by atoms with Crippen LogP contribution in [0.1, 0.15) is 39.1 Å². The minimum absolute atomic E-state index is 0.199. The molecule has 1 saturated heterocycles. The molecule has 0 spiro atoms. The van der Waals surface area contributed by atoms with Crippen molar-refractivity contribution in [1.82, 2.24) is 10.2 Å². The van der Waals surface area contributed by atoms with Crippen molar-refractivity contribution in [2.24, 2.45) is 0 Å². The van der Waals surface area contributed by atoms with E-state index >= 15 is 0 Å². The van der Waals surface area contributed by atoms with Gasteiger partial charge in [-0.2, -0.15) is 0 Å². The van der Waals surface area contributed by atoms with Gasteiger partial charge in [-0.3, -0.25) is 24.5 Å². The van der Waals surface area contributed by atoms with Crippen LogP contribution in [-0.4, -0.2) is 34.6 Å². The Balaban J connectivity index is 1.29. The topological polar surface area (TPSA) is 105 Å². The normalized spacial score (nSPS) is 17.2. The highest BCUT2D eigenvalue weighted by Crippen LogP contribution is 2.30. The van der Waals surface area contributed by atoms with Gasteiger partial charge in [0.1, 0.15) is 17.5 Å². The molecular formula is C26H21N3O5. The number of imide groups is 1. The fraction of sp³-hybridized carbons (Fsp3) is 0.154. The first-order chi connectivity index (χ1) is 16.5. The van der Waals surface area contributed by atoms with E-state index in [1.807, 2.05) is 30.3 Å². The quantitative estimate of drug-likeness (QED) is 0.573. The summed E-state index contributed by atoms with van der Waals surface area (Å²) in [7, 11) is 0. The summed E-state index contributed by atoms with van der Waals surface area (Å²) in [5.74, 6) is -0.141. The van der Waals surface area contributed by atoms with Crippen molar-refractivity contribution in [3.8, 4) is 11.5 Å². The summed E-state index contributed by atoms with van der Waals surface area (Å²) in [6.07, 6.45) is 0.500. The van der Waals surface area contributed by atoms with Crippen molar-refractivity contribution in [3.05, 3.63) is 89.5 Å². The molecule has 2 N–H and O–H groups in total. The molecule has 2 aliphatic heterocycles. The van der Waals surface area contributed by atoms with Crippen LogP contribution in [0.3, 0.4) is 0 Å². The summed E-state index contributed by atoms with van der Waals surface area (Å²) in [5, 5.41) is 5.14. The first kappa shape index (κ1) is 21.4. The van der Waals surface area contributed by atoms with E-state index in [4.69, 9.17) is 4.74 Å². The lowest BCUT2D eigenvalue weighted by Gasteiger charge is -2.29. The number of fused-ring (bicyclic) bond motifs is 1. The fourth-order valence-electron chi connectivity index (χ4n) is 4.18. The predicted octanol–water partition coefficient (Wildman–Crippen LogP) is 3.49. The number of rotatable bonds is 5. The van der Waals surface area contributed by atoms with E-state index in [-0.39, 0.29) is 30.7 Å². The van der Waals surface area contributed by atoms with Gasteiger partial charge in [0, 0.05) is 29.8 Å². The number of hydrogen-bond donors (Lipinski definition) is 2. The van der Waals surface area contributed by atoms with Crippen LogP contribution >= 0.6 is 0 Å². The van der Waals surface area contributed by atoms with E-state index in [1.54, 1.807) is 42.5 Å². The summed E-state index contributed by atoms with van der Waals surface area (Å²) in [6, 6.07) is 20.5. The number of hydrogen-bond acceptors (Lipinski definition) is 5. The largest absolute Gasteiger partial charge is 0.457 e. The Hall–Kier alpha value is -4.46. The van der Waals surface area contributed by atoms with Crippen molar-refractivity contribution in [2.45, 2.75) is 25.4 Å². The highest BCUT2D eigenvalue weighted by molar-refractivity contribution is 6.07. The monoisotopic (exact) mass is 455 g/mol. The molecule has 170 valence electrons. The van der Waals surface area contributed by atoms with Crippen molar-refractivity contribution in [3.63, 3.8) is 0 Å². The van der Waals surface area contributed by atoms with Crippen LogP contribution in [0.5, 0.6) is 11.5 Å². The number of nitrogens with one attached hydrogen (secondary N) is 2. The average Bonchev–Trinajstić information content (AvgIpc) is 3.15. The summed E-state index contributed by atoms with van der Waals surface area (Å²) in [6.45, 7) is 0.241. The van der Waals surface area contributed by atoms with Gasteiger partial charge in [-0.05, 0) is 60.5 Å². The molecule has 1 unspecified atom stereocenters. The van der Waals surface area contributed by atoms with Gasteiger partial charge in [0.2, 0.25) is 11.8 Å². The Kier molecular flexibility index (Phi) is 5.55. The zero-order valence-corrected chi connectivity index (χ0v) is 18.1. The second-order valence-corrected chi connectivity index (χ2v) is 8.17. The molecule has 2 aliphatic rings. The van der Waals surface area contributed by atoms with Crippen LogP contribution in [-0.2, 0) is 16.1 Å². The summed E-state index contributed by atoms with van der Waals surface area (Å²) in [5.41, 5.74) is 2.17. The summed E-state index contributed by atoms with van der Waals surface area (Å²) < 4.78 is 5.80. The number of amides is 4. The van der Waals surface area contributed by atoms with Crippen LogP contribution in [0.4, 0.5) is 5.69 Å². The lowest BCUT2D eigenvalue weighted by Crippen LogP contribution is -2.52. The average molecular weight is 455 g/mol. The molecule has 0 radical (unpaired) electrons. The maximum Gasteiger partial charge on any atom is 0.255 e. The molecular weight excluding hydrogens is 434 g/mol. The van der Waals surface area contributed by atoms with Crippen LogP contribution in [0.15, 0.2) is 72.8 Å². The lowest BCUT2D eigenvalue weighted by molar-refractivity contribution is -0.136. The molecule has 4 amide bonds. The Morgan fingerprint density at radius 1 is 0.941 bits per heavy atom. The van der Waals surface area contributed by atoms with Crippen LogP contribution in [0.25, 0.3) is 0 Å². The molecule has 0 aliphatic carbocycles. The first-order valence-electron chi connectivity index (χ1n) is 10.9. The molecule has 8 nitrogen and oxygen atoms in total. The zero-order valence-electron chi connectivity index (χ0n) is 18.1. The number of anilines is 1. The SMILES string of the molecule is O=C1CCC(N2Cc3cc(NC(=O)c4cccc(Oc5ccccc5)c4)ccc3C2=O)C(=O)N1. The minimum atomic E-state index is -0.678. The first-order valence-corrected chi connectivity index (χ1v) is 10.9. The lowest BCUT2D eigenvalue weighted by atomic mass is 10.0. The van der Waals surface area contributed by atoms with E-state index in [1.165, 1.54) is 4.90 Å². The molecule has 8 heteroatoms. The van der Waals surface area contributed by atoms with Crippen molar-refractivity contribution < 1.29 is 23.9 Å². The predicted molar refractivity (Wildman–Crippen MR) is 123 cm³/mol. The molecule has 1 fully saturated rings. The molecule has 34 heavy (non-hydrogen) atoms. The molecule has 0 bridgehead atoms. The number of carbonyl (C=O) groups excluding carboxylic acids is 4. The molecule has 0 aromatic heterocycles. The smallest absolute Gasteiger partial charge is 0.255 e. The van der Waals surface area contributed by atoms with Gasteiger partial charge < -0.3 is 15.0 Å². The maximum atomic E-state index is 12.8. The maximum absolute atomic E-state index is 12.8. The minimum Gasteiger partial charge on any atom is -0.457 e. The van der Waals surface area contributed by atoms with E-state index < -0.39 is 11.9 Å². The molecule has 2 heterocycles. The van der Waals surface area contributed by atoms with Crippen molar-refractivity contribution >= 4 is 29.3 Å². The molecule has 0 saturated carbocycles. The third kappa shape index (κ3) is 4.25. The second kappa shape index (κ2) is 8.82. The van der Waals surface area contributed by atoms with Gasteiger partial charge in [0.25, 0.3) is 11.8 Å². The van der Waals surface area contributed by atoms with Gasteiger partial charge in [0.15, 0.2) is 0 Å². The second-order valence-electron chi connectivity index (χ2n) is 8.17. The molecule has 3 aromatic carbocycles. The van der Waals surface area contributed by atoms with Gasteiger partial charge in [-0.15, -0.1) is 0 Å². The number of piperidine rings is 1. The summed E-state index contributed by atoms with van der Waals surface area (Å²) >= 11 is 0. The third-order valence-electron chi connectivity index (χ3n) is 5.86. The van der Waals surface area contributed by atoms with Crippen LogP contribution in [0, 0.1) is 0 Å². The van der Waals surface area contributed by atoms with Crippen molar-refractivity contribution in [2.75, 3.05) is 5.32 Å². The number of nitrogens with zero attached hydrogens (tertiary/aromatic N) is 1. The van der Waals surface area contributed by atoms with E-state index in [0.717, 1.165) is 0 Å². The Morgan fingerprint density at radius 3 is 2.53 bits per heavy atom. The zero-order chi connectivity index (χ0) is 23.7. The van der Waals surface area contributed by atoms with E-state index in [9.17, 15) is 19.2 Å². The Labute approximate surface area is 195 Å². The Morgan fingerprint density at radius 2 is 1.74 bits per heavy atom. The number of carbonyl (C=O) groups is 4. The van der Waals surface area contributed by atoms with Crippen LogP contribution < -0.4 is 15.4 Å². The fourth-order valence-corrected chi connectivity index (χ4v) is 4.18. The molecule has 3 aromatic rings.